The molecule has 6 heteroatoms. The highest BCUT2D eigenvalue weighted by Crippen LogP contribution is 2.12. The molecule has 0 amide bonds. The number of ether oxygens (including phenoxy) is 3. The average molecular weight is 935 g/mol. The zero-order valence-corrected chi connectivity index (χ0v) is 43.0. The number of hydrogen-bond donors (Lipinski definition) is 0. The Hall–Kier alpha value is -4.97. The average Bonchev–Trinajstić information content (AvgIpc) is 3.34. The van der Waals surface area contributed by atoms with Gasteiger partial charge < -0.3 is 14.2 Å². The highest BCUT2D eigenvalue weighted by molar-refractivity contribution is 5.71. The van der Waals surface area contributed by atoms with Crippen LogP contribution in [0.5, 0.6) is 0 Å². The minimum Gasteiger partial charge on any atom is -0.462 e. The molecule has 0 saturated carbocycles. The van der Waals surface area contributed by atoms with E-state index in [9.17, 15) is 14.4 Å². The second-order valence-electron chi connectivity index (χ2n) is 16.8. The van der Waals surface area contributed by atoms with Gasteiger partial charge in [0.2, 0.25) is 0 Å². The van der Waals surface area contributed by atoms with E-state index in [0.717, 1.165) is 116 Å². The molecule has 0 heterocycles. The van der Waals surface area contributed by atoms with Gasteiger partial charge in [-0.3, -0.25) is 14.4 Å². The summed E-state index contributed by atoms with van der Waals surface area (Å²) in [7, 11) is 0. The number of allylic oxidation sites excluding steroid dienone is 26. The van der Waals surface area contributed by atoms with Crippen molar-refractivity contribution in [3.8, 4) is 0 Å². The lowest BCUT2D eigenvalue weighted by molar-refractivity contribution is -0.167. The first-order valence-electron chi connectivity index (χ1n) is 26.6. The third kappa shape index (κ3) is 52.0. The van der Waals surface area contributed by atoms with Crippen LogP contribution in [-0.2, 0) is 28.6 Å². The molecule has 68 heavy (non-hydrogen) atoms. The summed E-state index contributed by atoms with van der Waals surface area (Å²) in [5, 5.41) is 0. The van der Waals surface area contributed by atoms with Crippen LogP contribution in [-0.4, -0.2) is 37.2 Å². The van der Waals surface area contributed by atoms with Gasteiger partial charge in [0.15, 0.2) is 6.10 Å². The molecular weight excluding hydrogens is 841 g/mol. The van der Waals surface area contributed by atoms with Gasteiger partial charge in [0.1, 0.15) is 13.2 Å². The van der Waals surface area contributed by atoms with E-state index in [1.807, 2.05) is 54.7 Å². The number of unbranched alkanes of at least 4 members (excludes halogenated alkanes) is 14. The van der Waals surface area contributed by atoms with Crippen molar-refractivity contribution in [1.82, 2.24) is 0 Å². The highest BCUT2D eigenvalue weighted by atomic mass is 16.6. The fraction of sp³-hybridized carbons (Fsp3) is 0.532. The van der Waals surface area contributed by atoms with Crippen molar-refractivity contribution < 1.29 is 28.6 Å². The van der Waals surface area contributed by atoms with E-state index in [2.05, 4.69) is 124 Å². The number of carbonyl (C=O) groups excluding carboxylic acids is 3. The molecule has 6 nitrogen and oxygen atoms in total. The van der Waals surface area contributed by atoms with E-state index in [4.69, 9.17) is 14.2 Å². The van der Waals surface area contributed by atoms with Crippen LogP contribution in [0.15, 0.2) is 158 Å². The van der Waals surface area contributed by atoms with E-state index < -0.39 is 6.10 Å². The van der Waals surface area contributed by atoms with Gasteiger partial charge in [-0.25, -0.2) is 0 Å². The van der Waals surface area contributed by atoms with E-state index in [0.29, 0.717) is 12.8 Å². The van der Waals surface area contributed by atoms with E-state index in [1.54, 1.807) is 0 Å². The van der Waals surface area contributed by atoms with Crippen LogP contribution < -0.4 is 0 Å². The monoisotopic (exact) mass is 935 g/mol. The number of rotatable bonds is 45. The molecule has 0 spiro atoms. The van der Waals surface area contributed by atoms with E-state index >= 15 is 0 Å². The third-order valence-corrected chi connectivity index (χ3v) is 10.4. The molecule has 0 bridgehead atoms. The van der Waals surface area contributed by atoms with Crippen molar-refractivity contribution in [2.75, 3.05) is 13.2 Å². The minimum atomic E-state index is -0.840. The molecule has 0 radical (unpaired) electrons. The van der Waals surface area contributed by atoms with Crippen molar-refractivity contribution in [2.24, 2.45) is 0 Å². The van der Waals surface area contributed by atoms with Crippen LogP contribution >= 0.6 is 0 Å². The zero-order valence-electron chi connectivity index (χ0n) is 43.0. The first-order valence-corrected chi connectivity index (χ1v) is 26.6. The van der Waals surface area contributed by atoms with Gasteiger partial charge in [-0.15, -0.1) is 0 Å². The summed E-state index contributed by atoms with van der Waals surface area (Å²) < 4.78 is 16.7. The summed E-state index contributed by atoms with van der Waals surface area (Å²) in [4.78, 5) is 38.0. The van der Waals surface area contributed by atoms with Gasteiger partial charge in [-0.05, 0) is 103 Å². The molecule has 0 saturated heterocycles. The Balaban J connectivity index is 4.61. The van der Waals surface area contributed by atoms with E-state index in [-0.39, 0.29) is 44.0 Å². The minimum absolute atomic E-state index is 0.134. The van der Waals surface area contributed by atoms with Gasteiger partial charge in [0.05, 0.1) is 0 Å². The summed E-state index contributed by atoms with van der Waals surface area (Å²) in [6.45, 7) is 6.23. The zero-order chi connectivity index (χ0) is 49.3. The molecule has 0 N–H and O–H groups in total. The largest absolute Gasteiger partial charge is 0.462 e. The Kier molecular flexibility index (Phi) is 50.6. The lowest BCUT2D eigenvalue weighted by Gasteiger charge is -2.18. The van der Waals surface area contributed by atoms with Crippen molar-refractivity contribution in [2.45, 2.75) is 200 Å². The van der Waals surface area contributed by atoms with Gasteiger partial charge >= 0.3 is 17.9 Å². The van der Waals surface area contributed by atoms with Crippen LogP contribution in [0.3, 0.4) is 0 Å². The maximum atomic E-state index is 12.8. The number of esters is 3. The topological polar surface area (TPSA) is 78.9 Å². The Labute approximate surface area is 416 Å². The smallest absolute Gasteiger partial charge is 0.306 e. The first kappa shape index (κ1) is 63.0. The first-order chi connectivity index (χ1) is 33.5. The summed E-state index contributed by atoms with van der Waals surface area (Å²) in [6, 6.07) is 0. The standard InChI is InChI=1S/C62H94O6/c1-4-7-10-13-16-19-22-25-27-29-31-33-34-37-40-43-46-49-52-55-61(64)67-58-59(57-66-60(63)54-51-48-45-42-39-36-24-21-18-15-12-9-6-3)68-62(65)56-53-50-47-44-41-38-35-32-30-28-26-23-20-17-14-11-8-5-2/h7,9-10,12,15-16,18-19,21,23-28,30-33,35-37,39-40,42,45,59H,4-6,8,11,13-14,17,20,22,29,34,38,41,43-44,46-58H2,1-3H3/b10-7-,12-9-,18-15-,19-16-,24-21-,26-23-,27-25-,30-28-,33-31-,35-32-,39-36-,40-37-,45-42-. The van der Waals surface area contributed by atoms with Crippen LogP contribution in [0.2, 0.25) is 0 Å². The molecule has 0 aliphatic heterocycles. The van der Waals surface area contributed by atoms with Gasteiger partial charge in [0.25, 0.3) is 0 Å². The summed E-state index contributed by atoms with van der Waals surface area (Å²) in [5.41, 5.74) is 0. The summed E-state index contributed by atoms with van der Waals surface area (Å²) in [5.74, 6) is -1.07. The third-order valence-electron chi connectivity index (χ3n) is 10.4. The van der Waals surface area contributed by atoms with Gasteiger partial charge in [0, 0.05) is 19.3 Å². The summed E-state index contributed by atoms with van der Waals surface area (Å²) >= 11 is 0. The second-order valence-corrected chi connectivity index (χ2v) is 16.8. The quantitative estimate of drug-likeness (QED) is 0.0199. The molecule has 1 unspecified atom stereocenters. The van der Waals surface area contributed by atoms with Crippen LogP contribution in [0.25, 0.3) is 0 Å². The fourth-order valence-corrected chi connectivity index (χ4v) is 6.50. The van der Waals surface area contributed by atoms with E-state index in [1.165, 1.54) is 32.1 Å². The normalized spacial score (nSPS) is 13.4. The molecule has 0 rings (SSSR count). The maximum Gasteiger partial charge on any atom is 0.306 e. The molecule has 1 atom stereocenters. The molecule has 378 valence electrons. The van der Waals surface area contributed by atoms with Crippen LogP contribution in [0, 0.1) is 0 Å². The van der Waals surface area contributed by atoms with Gasteiger partial charge in [-0.2, -0.15) is 0 Å². The fourth-order valence-electron chi connectivity index (χ4n) is 6.50. The van der Waals surface area contributed by atoms with Crippen molar-refractivity contribution in [1.29, 1.82) is 0 Å². The lowest BCUT2D eigenvalue weighted by atomic mass is 10.1. The molecule has 0 aliphatic carbocycles. The Morgan fingerprint density at radius 3 is 1.15 bits per heavy atom. The molecule has 0 fully saturated rings. The molecule has 0 aromatic heterocycles. The molecule has 0 aliphatic rings. The molecular formula is C62H94O6. The SMILES string of the molecule is CC\C=C/C=C\C=C/C=C\C=C/CCCC(=O)OCC(COC(=O)CCCCC/C=C\C/C=C\C/C=C\C/C=C\C/C=C\CC)OC(=O)CCCCCCC\C=C/C=C\C=C/CCCCCCC. The lowest BCUT2D eigenvalue weighted by Crippen LogP contribution is -2.30. The predicted octanol–water partition coefficient (Wildman–Crippen LogP) is 17.8. The number of hydrogen-bond acceptors (Lipinski definition) is 6. The Bertz CT molecular complexity index is 1590. The van der Waals surface area contributed by atoms with Crippen molar-refractivity contribution in [3.63, 3.8) is 0 Å². The Morgan fingerprint density at radius 2 is 0.662 bits per heavy atom. The predicted molar refractivity (Wildman–Crippen MR) is 292 cm³/mol. The Morgan fingerprint density at radius 1 is 0.324 bits per heavy atom. The number of carbonyl (C=O) groups is 3. The molecule has 0 aromatic carbocycles. The molecule has 0 aromatic rings. The van der Waals surface area contributed by atoms with Crippen molar-refractivity contribution in [3.05, 3.63) is 158 Å². The van der Waals surface area contributed by atoms with Crippen LogP contribution in [0.1, 0.15) is 194 Å². The maximum absolute atomic E-state index is 12.8. The highest BCUT2D eigenvalue weighted by Gasteiger charge is 2.19. The van der Waals surface area contributed by atoms with Crippen molar-refractivity contribution >= 4 is 17.9 Å². The summed E-state index contributed by atoms with van der Waals surface area (Å²) in [6.07, 6.45) is 79.5. The van der Waals surface area contributed by atoms with Gasteiger partial charge in [-0.1, -0.05) is 230 Å². The van der Waals surface area contributed by atoms with Crippen LogP contribution in [0.4, 0.5) is 0 Å². The second kappa shape index (κ2) is 54.6.